The highest BCUT2D eigenvalue weighted by molar-refractivity contribution is 7.12. The predicted octanol–water partition coefficient (Wildman–Crippen LogP) is 3.10. The summed E-state index contributed by atoms with van der Waals surface area (Å²) in [5.74, 6) is -0.0392. The second kappa shape index (κ2) is 6.50. The van der Waals surface area contributed by atoms with Gasteiger partial charge in [0.1, 0.15) is 0 Å². The second-order valence-corrected chi connectivity index (χ2v) is 5.19. The molecule has 2 aromatic rings. The van der Waals surface area contributed by atoms with Crippen LogP contribution >= 0.6 is 11.3 Å². The Hall–Kier alpha value is -1.65. The van der Waals surface area contributed by atoms with Crippen molar-refractivity contribution in [1.29, 1.82) is 0 Å². The largest absolute Gasteiger partial charge is 0.383 e. The van der Waals surface area contributed by atoms with Gasteiger partial charge in [0, 0.05) is 19.2 Å². The van der Waals surface area contributed by atoms with Gasteiger partial charge in [-0.2, -0.15) is 0 Å². The normalized spacial score (nSPS) is 10.4. The summed E-state index contributed by atoms with van der Waals surface area (Å²) in [5.41, 5.74) is 3.27. The molecule has 0 saturated heterocycles. The average Bonchev–Trinajstić information content (AvgIpc) is 2.89. The van der Waals surface area contributed by atoms with Crippen LogP contribution in [-0.4, -0.2) is 26.2 Å². The summed E-state index contributed by atoms with van der Waals surface area (Å²) in [7, 11) is 1.62. The van der Waals surface area contributed by atoms with Crippen LogP contribution in [0.15, 0.2) is 35.7 Å². The molecule has 0 aliphatic carbocycles. The van der Waals surface area contributed by atoms with Crippen molar-refractivity contribution in [3.63, 3.8) is 0 Å². The summed E-state index contributed by atoms with van der Waals surface area (Å²) >= 11 is 1.46. The van der Waals surface area contributed by atoms with Gasteiger partial charge in [0.25, 0.3) is 5.91 Å². The van der Waals surface area contributed by atoms with Crippen molar-refractivity contribution in [3.8, 4) is 11.1 Å². The molecule has 0 spiro atoms. The fourth-order valence-electron chi connectivity index (χ4n) is 1.79. The molecule has 0 radical (unpaired) electrons. The number of benzene rings is 1. The highest BCUT2D eigenvalue weighted by atomic mass is 32.1. The lowest BCUT2D eigenvalue weighted by Crippen LogP contribution is -2.26. The Kier molecular flexibility index (Phi) is 4.71. The lowest BCUT2D eigenvalue weighted by atomic mass is 10.0. The van der Waals surface area contributed by atoms with E-state index < -0.39 is 0 Å². The number of amides is 1. The van der Waals surface area contributed by atoms with E-state index in [0.717, 1.165) is 16.0 Å². The summed E-state index contributed by atoms with van der Waals surface area (Å²) in [5, 5.41) is 4.80. The number of ether oxygens (including phenoxy) is 1. The molecule has 0 bridgehead atoms. The van der Waals surface area contributed by atoms with E-state index in [1.165, 1.54) is 16.9 Å². The van der Waals surface area contributed by atoms with E-state index in [4.69, 9.17) is 4.74 Å². The predicted molar refractivity (Wildman–Crippen MR) is 78.7 cm³/mol. The van der Waals surface area contributed by atoms with E-state index in [9.17, 15) is 4.79 Å². The fourth-order valence-corrected chi connectivity index (χ4v) is 2.62. The molecular formula is C15H17NO2S. The molecule has 4 heteroatoms. The zero-order valence-electron chi connectivity index (χ0n) is 11.1. The molecule has 1 heterocycles. The molecular weight excluding hydrogens is 258 g/mol. The first-order chi connectivity index (χ1) is 9.22. The number of methoxy groups -OCH3 is 1. The van der Waals surface area contributed by atoms with Gasteiger partial charge in [-0.05, 0) is 23.9 Å². The van der Waals surface area contributed by atoms with Crippen molar-refractivity contribution in [1.82, 2.24) is 5.32 Å². The van der Waals surface area contributed by atoms with E-state index in [1.807, 2.05) is 23.6 Å². The number of rotatable bonds is 5. The van der Waals surface area contributed by atoms with Crippen LogP contribution in [0.3, 0.4) is 0 Å². The van der Waals surface area contributed by atoms with Crippen molar-refractivity contribution in [2.24, 2.45) is 0 Å². The summed E-state index contributed by atoms with van der Waals surface area (Å²) in [6.07, 6.45) is 0. The van der Waals surface area contributed by atoms with Gasteiger partial charge in [-0.3, -0.25) is 4.79 Å². The van der Waals surface area contributed by atoms with Crippen molar-refractivity contribution >= 4 is 17.2 Å². The fraction of sp³-hybridized carbons (Fsp3) is 0.267. The van der Waals surface area contributed by atoms with E-state index in [0.29, 0.717) is 13.2 Å². The summed E-state index contributed by atoms with van der Waals surface area (Å²) in [4.78, 5) is 12.8. The smallest absolute Gasteiger partial charge is 0.262 e. The van der Waals surface area contributed by atoms with Gasteiger partial charge >= 0.3 is 0 Å². The van der Waals surface area contributed by atoms with Gasteiger partial charge in [-0.1, -0.05) is 29.8 Å². The van der Waals surface area contributed by atoms with Crippen LogP contribution in [-0.2, 0) is 4.74 Å². The molecule has 100 valence electrons. The van der Waals surface area contributed by atoms with Crippen molar-refractivity contribution in [2.75, 3.05) is 20.3 Å². The second-order valence-electron chi connectivity index (χ2n) is 4.28. The Morgan fingerprint density at radius 3 is 2.68 bits per heavy atom. The van der Waals surface area contributed by atoms with Crippen molar-refractivity contribution < 1.29 is 9.53 Å². The summed E-state index contributed by atoms with van der Waals surface area (Å²) in [6, 6.07) is 10.2. The van der Waals surface area contributed by atoms with E-state index in [2.05, 4.69) is 24.4 Å². The van der Waals surface area contributed by atoms with Gasteiger partial charge in [-0.25, -0.2) is 0 Å². The molecule has 19 heavy (non-hydrogen) atoms. The Morgan fingerprint density at radius 2 is 2.00 bits per heavy atom. The van der Waals surface area contributed by atoms with Crippen LogP contribution in [0.4, 0.5) is 0 Å². The maximum Gasteiger partial charge on any atom is 0.262 e. The SMILES string of the molecule is COCCNC(=O)c1sccc1-c1ccc(C)cc1. The zero-order chi connectivity index (χ0) is 13.7. The lowest BCUT2D eigenvalue weighted by molar-refractivity contribution is 0.0941. The van der Waals surface area contributed by atoms with Crippen LogP contribution in [0.25, 0.3) is 11.1 Å². The number of thiophene rings is 1. The molecule has 1 amide bonds. The molecule has 3 nitrogen and oxygen atoms in total. The van der Waals surface area contributed by atoms with Crippen molar-refractivity contribution in [3.05, 3.63) is 46.2 Å². The van der Waals surface area contributed by atoms with Crippen LogP contribution in [0, 0.1) is 6.92 Å². The highest BCUT2D eigenvalue weighted by Crippen LogP contribution is 2.28. The molecule has 0 unspecified atom stereocenters. The van der Waals surface area contributed by atoms with E-state index >= 15 is 0 Å². The monoisotopic (exact) mass is 275 g/mol. The maximum atomic E-state index is 12.1. The number of hydrogen-bond acceptors (Lipinski definition) is 3. The van der Waals surface area contributed by atoms with E-state index in [-0.39, 0.29) is 5.91 Å². The number of nitrogens with one attached hydrogen (secondary N) is 1. The molecule has 0 aliphatic heterocycles. The van der Waals surface area contributed by atoms with Crippen LogP contribution in [0.2, 0.25) is 0 Å². The molecule has 0 saturated carbocycles. The molecule has 1 N–H and O–H groups in total. The Labute approximate surface area is 117 Å². The van der Waals surface area contributed by atoms with Gasteiger partial charge in [0.15, 0.2) is 0 Å². The number of carbonyl (C=O) groups excluding carboxylic acids is 1. The van der Waals surface area contributed by atoms with Crippen LogP contribution in [0.5, 0.6) is 0 Å². The Morgan fingerprint density at radius 1 is 1.26 bits per heavy atom. The third-order valence-electron chi connectivity index (χ3n) is 2.83. The quantitative estimate of drug-likeness (QED) is 0.852. The van der Waals surface area contributed by atoms with Gasteiger partial charge in [0.2, 0.25) is 0 Å². The summed E-state index contributed by atoms with van der Waals surface area (Å²) in [6.45, 7) is 3.10. The minimum absolute atomic E-state index is 0.0392. The Balaban J connectivity index is 2.17. The molecule has 1 aromatic carbocycles. The lowest BCUT2D eigenvalue weighted by Gasteiger charge is -2.06. The van der Waals surface area contributed by atoms with Crippen molar-refractivity contribution in [2.45, 2.75) is 6.92 Å². The minimum Gasteiger partial charge on any atom is -0.383 e. The third-order valence-corrected chi connectivity index (χ3v) is 3.74. The first-order valence-electron chi connectivity index (χ1n) is 6.14. The average molecular weight is 275 g/mol. The van der Waals surface area contributed by atoms with Gasteiger partial charge < -0.3 is 10.1 Å². The molecule has 0 fully saturated rings. The first kappa shape index (κ1) is 13.8. The third kappa shape index (κ3) is 3.43. The summed E-state index contributed by atoms with van der Waals surface area (Å²) < 4.78 is 4.93. The van der Waals surface area contributed by atoms with Crippen LogP contribution < -0.4 is 5.32 Å². The minimum atomic E-state index is -0.0392. The molecule has 2 rings (SSSR count). The standard InChI is InChI=1S/C15H17NO2S/c1-11-3-5-12(6-4-11)13-7-10-19-14(13)15(17)16-8-9-18-2/h3-7,10H,8-9H2,1-2H3,(H,16,17). The molecule has 0 atom stereocenters. The highest BCUT2D eigenvalue weighted by Gasteiger charge is 2.13. The van der Waals surface area contributed by atoms with Gasteiger partial charge in [0.05, 0.1) is 11.5 Å². The number of aryl methyl sites for hydroxylation is 1. The van der Waals surface area contributed by atoms with Crippen LogP contribution in [0.1, 0.15) is 15.2 Å². The molecule has 1 aromatic heterocycles. The topological polar surface area (TPSA) is 38.3 Å². The Bertz CT molecular complexity index is 546. The van der Waals surface area contributed by atoms with Gasteiger partial charge in [-0.15, -0.1) is 11.3 Å². The number of hydrogen-bond donors (Lipinski definition) is 1. The van der Waals surface area contributed by atoms with E-state index in [1.54, 1.807) is 7.11 Å². The maximum absolute atomic E-state index is 12.1. The zero-order valence-corrected chi connectivity index (χ0v) is 11.9. The first-order valence-corrected chi connectivity index (χ1v) is 7.02. The number of carbonyl (C=O) groups is 1. The molecule has 0 aliphatic rings.